The van der Waals surface area contributed by atoms with Crippen molar-refractivity contribution in [1.82, 2.24) is 0 Å². The van der Waals surface area contributed by atoms with Crippen molar-refractivity contribution in [3.63, 3.8) is 0 Å². The summed E-state index contributed by atoms with van der Waals surface area (Å²) < 4.78 is 0. The third kappa shape index (κ3) is 5.13. The molecular weight excluding hydrogens is 368 g/mol. The van der Waals surface area contributed by atoms with E-state index >= 15 is 0 Å². The van der Waals surface area contributed by atoms with Crippen LogP contribution in [0.2, 0.25) is 0 Å². The molecule has 0 heterocycles. The Kier molecular flexibility index (Phi) is 7.40. The molecule has 7 atom stereocenters. The molecule has 170 valence electrons. The van der Waals surface area contributed by atoms with Gasteiger partial charge in [-0.3, -0.25) is 0 Å². The molecule has 0 bridgehead atoms. The Morgan fingerprint density at radius 3 is 2.43 bits per heavy atom. The number of aliphatic hydroxyl groups is 2. The fraction of sp³-hybridized carbons (Fsp3) is 0.786. The zero-order valence-electron chi connectivity index (χ0n) is 20.3. The Hall–Kier alpha value is -0.860. The summed E-state index contributed by atoms with van der Waals surface area (Å²) >= 11 is 0. The van der Waals surface area contributed by atoms with Gasteiger partial charge in [-0.15, -0.1) is 0 Å². The lowest BCUT2D eigenvalue weighted by Crippen LogP contribution is -2.35. The van der Waals surface area contributed by atoms with Crippen molar-refractivity contribution in [3.8, 4) is 0 Å². The first-order valence-electron chi connectivity index (χ1n) is 12.5. The van der Waals surface area contributed by atoms with Crippen LogP contribution >= 0.6 is 0 Å². The molecule has 2 N–H and O–H groups in total. The molecule has 0 aromatic heterocycles. The summed E-state index contributed by atoms with van der Waals surface area (Å²) in [5.74, 6) is 2.76. The molecule has 0 radical (unpaired) electrons. The molecule has 2 heteroatoms. The number of rotatable bonds is 5. The van der Waals surface area contributed by atoms with E-state index in [2.05, 4.69) is 52.0 Å². The Labute approximate surface area is 185 Å². The van der Waals surface area contributed by atoms with Gasteiger partial charge in [0.05, 0.1) is 11.7 Å². The van der Waals surface area contributed by atoms with Crippen LogP contribution in [0, 0.1) is 35.0 Å². The van der Waals surface area contributed by atoms with Gasteiger partial charge in [0, 0.05) is 5.92 Å². The van der Waals surface area contributed by atoms with Crippen LogP contribution in [0.15, 0.2) is 35.5 Å². The van der Waals surface area contributed by atoms with Crippen LogP contribution in [0.5, 0.6) is 0 Å². The lowest BCUT2D eigenvalue weighted by molar-refractivity contribution is 0.0436. The second-order valence-corrected chi connectivity index (χ2v) is 11.6. The normalized spacial score (nSPS) is 40.1. The summed E-state index contributed by atoms with van der Waals surface area (Å²) in [5.41, 5.74) is 2.84. The third-order valence-electron chi connectivity index (χ3n) is 9.04. The van der Waals surface area contributed by atoms with E-state index in [1.54, 1.807) is 5.57 Å². The van der Waals surface area contributed by atoms with Crippen LogP contribution in [0.3, 0.4) is 0 Å². The minimum atomic E-state index is -0.656. The van der Waals surface area contributed by atoms with Gasteiger partial charge >= 0.3 is 0 Å². The Morgan fingerprint density at radius 2 is 1.73 bits per heavy atom. The summed E-state index contributed by atoms with van der Waals surface area (Å²) in [5, 5.41) is 20.3. The largest absolute Gasteiger partial charge is 0.393 e. The van der Waals surface area contributed by atoms with E-state index in [9.17, 15) is 10.2 Å². The van der Waals surface area contributed by atoms with Crippen molar-refractivity contribution in [1.29, 1.82) is 0 Å². The van der Waals surface area contributed by atoms with E-state index in [1.807, 2.05) is 13.8 Å². The minimum Gasteiger partial charge on any atom is -0.393 e. The summed E-state index contributed by atoms with van der Waals surface area (Å²) in [6, 6.07) is 0. The van der Waals surface area contributed by atoms with Gasteiger partial charge in [-0.2, -0.15) is 0 Å². The standard InChI is InChI=1S/C28H46O2/c1-19-10-14-24(29)18-23(19)13-12-22-8-7-17-28(6)25(15-16-26(22)28)20(2)9-11-21(3)27(4,5)30/h9,11-13,19-21,24-26,29-30H,7-8,10,14-18H2,1-6H3/b11-9+,22-12+,23-13+/t19-,20-,21+,24-,25-,26+,28-/m1/s1. The van der Waals surface area contributed by atoms with Crippen LogP contribution < -0.4 is 0 Å². The van der Waals surface area contributed by atoms with Gasteiger partial charge < -0.3 is 10.2 Å². The molecule has 3 aliphatic carbocycles. The average Bonchev–Trinajstić information content (AvgIpc) is 3.03. The van der Waals surface area contributed by atoms with Crippen LogP contribution in [0.1, 0.15) is 92.9 Å². The van der Waals surface area contributed by atoms with Crippen LogP contribution in [0.25, 0.3) is 0 Å². The zero-order valence-corrected chi connectivity index (χ0v) is 20.3. The molecule has 0 unspecified atom stereocenters. The molecule has 0 aromatic carbocycles. The zero-order chi connectivity index (χ0) is 22.1. The highest BCUT2D eigenvalue weighted by molar-refractivity contribution is 5.27. The van der Waals surface area contributed by atoms with E-state index < -0.39 is 5.60 Å². The van der Waals surface area contributed by atoms with Gasteiger partial charge in [0.25, 0.3) is 0 Å². The van der Waals surface area contributed by atoms with E-state index in [0.29, 0.717) is 23.2 Å². The summed E-state index contributed by atoms with van der Waals surface area (Å²) in [4.78, 5) is 0. The van der Waals surface area contributed by atoms with Gasteiger partial charge in [-0.05, 0) is 94.3 Å². The van der Waals surface area contributed by atoms with E-state index in [0.717, 1.165) is 25.2 Å². The molecule has 0 aliphatic heterocycles. The Bertz CT molecular complexity index is 679. The third-order valence-corrected chi connectivity index (χ3v) is 9.04. The number of hydrogen-bond acceptors (Lipinski definition) is 2. The number of allylic oxidation sites excluding steroid dienone is 4. The van der Waals surface area contributed by atoms with Crippen molar-refractivity contribution < 1.29 is 10.2 Å². The number of hydrogen-bond donors (Lipinski definition) is 2. The second-order valence-electron chi connectivity index (χ2n) is 11.6. The predicted molar refractivity (Wildman–Crippen MR) is 127 cm³/mol. The van der Waals surface area contributed by atoms with Crippen molar-refractivity contribution >= 4 is 0 Å². The SMILES string of the molecule is C[C@@H]1CC[C@@H](O)C/C1=C\C=C1/CCC[C@]2(C)[C@@H]([C@H](C)/C=C/[C@H](C)C(C)(C)O)CC[C@@H]12. The maximum atomic E-state index is 10.3. The van der Waals surface area contributed by atoms with Crippen LogP contribution in [-0.4, -0.2) is 21.9 Å². The second kappa shape index (κ2) is 9.33. The maximum Gasteiger partial charge on any atom is 0.0651 e. The van der Waals surface area contributed by atoms with Gasteiger partial charge in [-0.25, -0.2) is 0 Å². The molecule has 3 aliphatic rings. The molecule has 30 heavy (non-hydrogen) atoms. The van der Waals surface area contributed by atoms with Crippen molar-refractivity contribution in [2.45, 2.75) is 105 Å². The lowest BCUT2D eigenvalue weighted by Gasteiger charge is -2.44. The van der Waals surface area contributed by atoms with Gasteiger partial charge in [0.15, 0.2) is 0 Å². The van der Waals surface area contributed by atoms with Gasteiger partial charge in [0.2, 0.25) is 0 Å². The highest BCUT2D eigenvalue weighted by Crippen LogP contribution is 2.59. The molecule has 3 saturated carbocycles. The summed E-state index contributed by atoms with van der Waals surface area (Å²) in [6.07, 6.45) is 18.7. The smallest absolute Gasteiger partial charge is 0.0651 e. The highest BCUT2D eigenvalue weighted by atomic mass is 16.3. The minimum absolute atomic E-state index is 0.141. The molecule has 0 aromatic rings. The van der Waals surface area contributed by atoms with Crippen LogP contribution in [-0.2, 0) is 0 Å². The Balaban J connectivity index is 1.74. The Morgan fingerprint density at radius 1 is 1.03 bits per heavy atom. The van der Waals surface area contributed by atoms with Gasteiger partial charge in [0.1, 0.15) is 0 Å². The number of aliphatic hydroxyl groups excluding tert-OH is 1. The fourth-order valence-corrected chi connectivity index (χ4v) is 6.50. The average molecular weight is 415 g/mol. The maximum absolute atomic E-state index is 10.3. The molecule has 3 fully saturated rings. The highest BCUT2D eigenvalue weighted by Gasteiger charge is 2.50. The van der Waals surface area contributed by atoms with Gasteiger partial charge in [-0.1, -0.05) is 63.1 Å². The molecule has 2 nitrogen and oxygen atoms in total. The summed E-state index contributed by atoms with van der Waals surface area (Å²) in [7, 11) is 0. The van der Waals surface area contributed by atoms with E-state index in [4.69, 9.17) is 0 Å². The molecular formula is C28H46O2. The quantitative estimate of drug-likeness (QED) is 0.484. The van der Waals surface area contributed by atoms with E-state index in [-0.39, 0.29) is 12.0 Å². The predicted octanol–water partition coefficient (Wildman–Crippen LogP) is 6.84. The van der Waals surface area contributed by atoms with Crippen molar-refractivity contribution in [2.75, 3.05) is 0 Å². The van der Waals surface area contributed by atoms with Crippen molar-refractivity contribution in [3.05, 3.63) is 35.5 Å². The van der Waals surface area contributed by atoms with Crippen LogP contribution in [0.4, 0.5) is 0 Å². The monoisotopic (exact) mass is 414 g/mol. The number of fused-ring (bicyclic) bond motifs is 1. The first-order chi connectivity index (χ1) is 14.0. The molecule has 0 amide bonds. The van der Waals surface area contributed by atoms with E-state index in [1.165, 1.54) is 37.7 Å². The first-order valence-corrected chi connectivity index (χ1v) is 12.5. The first kappa shape index (κ1) is 23.8. The van der Waals surface area contributed by atoms with Crippen molar-refractivity contribution in [2.24, 2.45) is 35.0 Å². The topological polar surface area (TPSA) is 40.5 Å². The fourth-order valence-electron chi connectivity index (χ4n) is 6.50. The molecule has 0 spiro atoms. The molecule has 0 saturated heterocycles. The molecule has 3 rings (SSSR count). The lowest BCUT2D eigenvalue weighted by atomic mass is 9.61. The summed E-state index contributed by atoms with van der Waals surface area (Å²) in [6.45, 7) is 13.2.